The Labute approximate surface area is 165 Å². The lowest BCUT2D eigenvalue weighted by atomic mass is 10.1. The number of aromatic nitrogens is 2. The number of carbonyl (C=O) groups is 2. The zero-order valence-corrected chi connectivity index (χ0v) is 15.5. The second-order valence-electron chi connectivity index (χ2n) is 5.83. The summed E-state index contributed by atoms with van der Waals surface area (Å²) in [5, 5.41) is 9.48. The molecule has 7 nitrogen and oxygen atoms in total. The van der Waals surface area contributed by atoms with Crippen LogP contribution in [-0.2, 0) is 6.73 Å². The number of ether oxygens (including phenoxy) is 1. The van der Waals surface area contributed by atoms with E-state index in [9.17, 15) is 14.0 Å². The van der Waals surface area contributed by atoms with Gasteiger partial charge in [-0.05, 0) is 37.3 Å². The molecule has 0 saturated carbocycles. The summed E-state index contributed by atoms with van der Waals surface area (Å²) in [5.41, 5.74) is 1.43. The Bertz CT molecular complexity index is 1020. The van der Waals surface area contributed by atoms with E-state index in [1.165, 1.54) is 29.9 Å². The van der Waals surface area contributed by atoms with Gasteiger partial charge in [-0.1, -0.05) is 23.7 Å². The molecule has 144 valence electrons. The minimum Gasteiger partial charge on any atom is -0.470 e. The average Bonchev–Trinajstić information content (AvgIpc) is 3.08. The summed E-state index contributed by atoms with van der Waals surface area (Å²) in [6.07, 6.45) is 3.00. The van der Waals surface area contributed by atoms with Crippen molar-refractivity contribution >= 4 is 34.8 Å². The number of halogens is 2. The molecular formula is C19H16ClFN4O3. The van der Waals surface area contributed by atoms with Gasteiger partial charge < -0.3 is 15.4 Å². The summed E-state index contributed by atoms with van der Waals surface area (Å²) in [4.78, 5) is 23.5. The van der Waals surface area contributed by atoms with Crippen LogP contribution >= 0.6 is 11.6 Å². The summed E-state index contributed by atoms with van der Waals surface area (Å²) in [7, 11) is 0. The molecule has 1 heterocycles. The van der Waals surface area contributed by atoms with E-state index in [0.29, 0.717) is 22.7 Å². The van der Waals surface area contributed by atoms with Crippen molar-refractivity contribution < 1.29 is 18.7 Å². The molecule has 0 aliphatic heterocycles. The van der Waals surface area contributed by atoms with E-state index in [4.69, 9.17) is 16.3 Å². The standard InChI is InChI=1S/C19H16ClFN4O3/c1-12(26)13-3-2-4-15(7-13)23-19(27)24-16-9-22-25(10-16)11-28-18-6-5-14(21)8-17(18)20/h2-10H,11H2,1H3,(H2,23,24,27). The molecule has 2 aromatic carbocycles. The van der Waals surface area contributed by atoms with E-state index in [1.54, 1.807) is 30.5 Å². The van der Waals surface area contributed by atoms with Crippen LogP contribution < -0.4 is 15.4 Å². The van der Waals surface area contributed by atoms with Gasteiger partial charge in [-0.2, -0.15) is 5.10 Å². The van der Waals surface area contributed by atoms with Crippen LogP contribution in [0.3, 0.4) is 0 Å². The molecule has 28 heavy (non-hydrogen) atoms. The first kappa shape index (κ1) is 19.4. The van der Waals surface area contributed by atoms with Gasteiger partial charge in [-0.25, -0.2) is 13.9 Å². The number of anilines is 2. The number of hydrogen-bond acceptors (Lipinski definition) is 4. The molecule has 0 unspecified atom stereocenters. The lowest BCUT2D eigenvalue weighted by Crippen LogP contribution is -2.19. The van der Waals surface area contributed by atoms with Crippen LogP contribution in [0.25, 0.3) is 0 Å². The van der Waals surface area contributed by atoms with Gasteiger partial charge in [0.15, 0.2) is 12.5 Å². The SMILES string of the molecule is CC(=O)c1cccc(NC(=O)Nc2cnn(COc3ccc(F)cc3Cl)c2)c1. The maximum absolute atomic E-state index is 13.0. The summed E-state index contributed by atoms with van der Waals surface area (Å²) in [5.74, 6) is -0.231. The van der Waals surface area contributed by atoms with E-state index in [1.807, 2.05) is 0 Å². The van der Waals surface area contributed by atoms with Crippen LogP contribution in [0.2, 0.25) is 5.02 Å². The summed E-state index contributed by atoms with van der Waals surface area (Å²) < 4.78 is 19.9. The van der Waals surface area contributed by atoms with Crippen LogP contribution in [0.1, 0.15) is 17.3 Å². The molecule has 0 saturated heterocycles. The largest absolute Gasteiger partial charge is 0.470 e. The van der Waals surface area contributed by atoms with E-state index in [-0.39, 0.29) is 17.5 Å². The Morgan fingerprint density at radius 2 is 1.96 bits per heavy atom. The van der Waals surface area contributed by atoms with E-state index >= 15 is 0 Å². The third-order valence-corrected chi connectivity index (χ3v) is 3.96. The predicted molar refractivity (Wildman–Crippen MR) is 103 cm³/mol. The fourth-order valence-electron chi connectivity index (χ4n) is 2.34. The van der Waals surface area contributed by atoms with Crippen molar-refractivity contribution in [3.63, 3.8) is 0 Å². The van der Waals surface area contributed by atoms with Crippen molar-refractivity contribution in [1.82, 2.24) is 9.78 Å². The third kappa shape index (κ3) is 5.08. The van der Waals surface area contributed by atoms with Crippen molar-refractivity contribution in [2.75, 3.05) is 10.6 Å². The number of nitrogens with one attached hydrogen (secondary N) is 2. The van der Waals surface area contributed by atoms with Crippen molar-refractivity contribution in [2.45, 2.75) is 13.7 Å². The van der Waals surface area contributed by atoms with Crippen molar-refractivity contribution in [1.29, 1.82) is 0 Å². The van der Waals surface area contributed by atoms with Crippen molar-refractivity contribution in [3.05, 3.63) is 71.3 Å². The number of benzene rings is 2. The molecule has 0 spiro atoms. The molecule has 0 fully saturated rings. The lowest BCUT2D eigenvalue weighted by molar-refractivity contribution is 0.101. The first-order valence-corrected chi connectivity index (χ1v) is 8.58. The number of hydrogen-bond donors (Lipinski definition) is 2. The van der Waals surface area contributed by atoms with Crippen LogP contribution in [-0.4, -0.2) is 21.6 Å². The minimum atomic E-state index is -0.484. The molecule has 0 aliphatic rings. The minimum absolute atomic E-state index is 0.0231. The molecule has 0 aliphatic carbocycles. The fourth-order valence-corrected chi connectivity index (χ4v) is 2.56. The molecular weight excluding hydrogens is 387 g/mol. The fraction of sp³-hybridized carbons (Fsp3) is 0.105. The highest BCUT2D eigenvalue weighted by Gasteiger charge is 2.08. The normalized spacial score (nSPS) is 10.4. The molecule has 2 amide bonds. The van der Waals surface area contributed by atoms with E-state index in [2.05, 4.69) is 15.7 Å². The summed E-state index contributed by atoms with van der Waals surface area (Å²) >= 11 is 5.90. The number of nitrogens with zero attached hydrogens (tertiary/aromatic N) is 2. The number of urea groups is 1. The van der Waals surface area contributed by atoms with E-state index < -0.39 is 11.8 Å². The Kier molecular flexibility index (Phi) is 5.90. The first-order valence-electron chi connectivity index (χ1n) is 8.20. The number of rotatable bonds is 6. The van der Waals surface area contributed by atoms with Gasteiger partial charge in [0.25, 0.3) is 0 Å². The average molecular weight is 403 g/mol. The van der Waals surface area contributed by atoms with Gasteiger partial charge in [0, 0.05) is 11.3 Å². The Morgan fingerprint density at radius 3 is 2.71 bits per heavy atom. The van der Waals surface area contributed by atoms with Crippen molar-refractivity contribution in [2.24, 2.45) is 0 Å². The Balaban J connectivity index is 1.56. The van der Waals surface area contributed by atoms with Gasteiger partial charge in [-0.15, -0.1) is 0 Å². The molecule has 0 radical (unpaired) electrons. The quantitative estimate of drug-likeness (QED) is 0.592. The highest BCUT2D eigenvalue weighted by Crippen LogP contribution is 2.25. The number of amides is 2. The number of carbonyl (C=O) groups excluding carboxylic acids is 2. The molecule has 1 aromatic heterocycles. The van der Waals surface area contributed by atoms with Gasteiger partial charge in [0.1, 0.15) is 11.6 Å². The third-order valence-electron chi connectivity index (χ3n) is 3.66. The zero-order chi connectivity index (χ0) is 20.1. The van der Waals surface area contributed by atoms with Gasteiger partial charge >= 0.3 is 6.03 Å². The van der Waals surface area contributed by atoms with Crippen molar-refractivity contribution in [3.8, 4) is 5.75 Å². The van der Waals surface area contributed by atoms with Gasteiger partial charge in [0.2, 0.25) is 0 Å². The maximum atomic E-state index is 13.0. The summed E-state index contributed by atoms with van der Waals surface area (Å²) in [6, 6.07) is 9.94. The lowest BCUT2D eigenvalue weighted by Gasteiger charge is -2.08. The Morgan fingerprint density at radius 1 is 1.18 bits per heavy atom. The Hall–Kier alpha value is -3.39. The maximum Gasteiger partial charge on any atom is 0.323 e. The molecule has 3 aromatic rings. The van der Waals surface area contributed by atoms with Crippen LogP contribution in [0.15, 0.2) is 54.9 Å². The molecule has 0 bridgehead atoms. The molecule has 0 atom stereocenters. The second-order valence-corrected chi connectivity index (χ2v) is 6.24. The monoisotopic (exact) mass is 402 g/mol. The number of ketones is 1. The predicted octanol–water partition coefficient (Wildman–Crippen LogP) is 4.56. The molecule has 3 rings (SSSR count). The zero-order valence-electron chi connectivity index (χ0n) is 14.8. The molecule has 2 N–H and O–H groups in total. The van der Waals surface area contributed by atoms with Crippen LogP contribution in [0, 0.1) is 5.82 Å². The van der Waals surface area contributed by atoms with E-state index in [0.717, 1.165) is 6.07 Å². The van der Waals surface area contributed by atoms with Gasteiger partial charge in [-0.3, -0.25) is 4.79 Å². The highest BCUT2D eigenvalue weighted by molar-refractivity contribution is 6.32. The topological polar surface area (TPSA) is 85.3 Å². The first-order chi connectivity index (χ1) is 13.4. The smallest absolute Gasteiger partial charge is 0.323 e. The van der Waals surface area contributed by atoms with Crippen LogP contribution in [0.4, 0.5) is 20.6 Å². The second kappa shape index (κ2) is 8.53. The summed E-state index contributed by atoms with van der Waals surface area (Å²) in [6.45, 7) is 1.48. The van der Waals surface area contributed by atoms with Gasteiger partial charge in [0.05, 0.1) is 23.1 Å². The van der Waals surface area contributed by atoms with Crippen LogP contribution in [0.5, 0.6) is 5.75 Å². The molecule has 9 heteroatoms. The highest BCUT2D eigenvalue weighted by atomic mass is 35.5. The number of Topliss-reactive ketones (excluding diaryl/α,β-unsaturated/α-hetero) is 1.